The summed E-state index contributed by atoms with van der Waals surface area (Å²) in [6.07, 6.45) is 0. The minimum Gasteiger partial charge on any atom is -0.495 e. The van der Waals surface area contributed by atoms with Gasteiger partial charge in [-0.2, -0.15) is 5.48 Å². The highest BCUT2D eigenvalue weighted by Crippen LogP contribution is 2.29. The van der Waals surface area contributed by atoms with Gasteiger partial charge in [0, 0.05) is 6.54 Å². The Bertz CT molecular complexity index is 292. The molecule has 0 heterocycles. The topological polar surface area (TPSA) is 30.5 Å². The van der Waals surface area contributed by atoms with Gasteiger partial charge in [-0.1, -0.05) is 6.07 Å². The quantitative estimate of drug-likeness (QED) is 0.843. The normalized spacial score (nSPS) is 10.3. The predicted molar refractivity (Wildman–Crippen MR) is 59.3 cm³/mol. The maximum Gasteiger partial charge on any atom is 0.135 e. The number of hydrogen-bond acceptors (Lipinski definition) is 3. The zero-order chi connectivity index (χ0) is 10.6. The van der Waals surface area contributed by atoms with Gasteiger partial charge in [-0.05, 0) is 40.0 Å². The van der Waals surface area contributed by atoms with E-state index in [2.05, 4.69) is 27.5 Å². The van der Waals surface area contributed by atoms with Gasteiger partial charge in [-0.3, -0.25) is 0 Å². The number of methoxy groups -OCH3 is 1. The molecule has 78 valence electrons. The molecule has 0 bridgehead atoms. The largest absolute Gasteiger partial charge is 0.495 e. The molecule has 0 aromatic heterocycles. The lowest BCUT2D eigenvalue weighted by atomic mass is 10.1. The van der Waals surface area contributed by atoms with E-state index in [4.69, 9.17) is 9.57 Å². The second-order valence-electron chi connectivity index (χ2n) is 2.95. The molecule has 0 saturated carbocycles. The lowest BCUT2D eigenvalue weighted by molar-refractivity contribution is 0.0867. The highest BCUT2D eigenvalue weighted by Gasteiger charge is 2.05. The highest BCUT2D eigenvalue weighted by atomic mass is 79.9. The molecule has 0 fully saturated rings. The van der Waals surface area contributed by atoms with Gasteiger partial charge >= 0.3 is 0 Å². The third-order valence-corrected chi connectivity index (χ3v) is 2.50. The molecule has 4 heteroatoms. The van der Waals surface area contributed by atoms with Crippen LogP contribution in [0.1, 0.15) is 11.1 Å². The summed E-state index contributed by atoms with van der Waals surface area (Å²) in [5, 5.41) is 0. The summed E-state index contributed by atoms with van der Waals surface area (Å²) in [5.41, 5.74) is 5.05. The van der Waals surface area contributed by atoms with Crippen molar-refractivity contribution in [3.05, 3.63) is 27.7 Å². The van der Waals surface area contributed by atoms with Gasteiger partial charge in [0.05, 0.1) is 18.7 Å². The predicted octanol–water partition coefficient (Wildman–Crippen LogP) is 2.42. The summed E-state index contributed by atoms with van der Waals surface area (Å²) in [6.45, 7) is 2.69. The summed E-state index contributed by atoms with van der Waals surface area (Å²) >= 11 is 3.46. The van der Waals surface area contributed by atoms with E-state index in [1.807, 2.05) is 13.0 Å². The van der Waals surface area contributed by atoms with Crippen LogP contribution in [-0.2, 0) is 11.4 Å². The number of benzene rings is 1. The molecule has 0 radical (unpaired) electrons. The van der Waals surface area contributed by atoms with Gasteiger partial charge in [-0.25, -0.2) is 0 Å². The summed E-state index contributed by atoms with van der Waals surface area (Å²) in [6, 6.07) is 4.08. The van der Waals surface area contributed by atoms with Crippen LogP contribution in [-0.4, -0.2) is 14.2 Å². The molecule has 1 N–H and O–H groups in total. The van der Waals surface area contributed by atoms with E-state index in [9.17, 15) is 0 Å². The Labute approximate surface area is 92.5 Å². The van der Waals surface area contributed by atoms with Crippen molar-refractivity contribution < 1.29 is 9.57 Å². The fourth-order valence-corrected chi connectivity index (χ4v) is 2.09. The summed E-state index contributed by atoms with van der Waals surface area (Å²) in [5.74, 6) is 0.881. The average Bonchev–Trinajstić information content (AvgIpc) is 2.14. The van der Waals surface area contributed by atoms with Crippen molar-refractivity contribution in [1.29, 1.82) is 0 Å². The zero-order valence-corrected chi connectivity index (χ0v) is 10.1. The minimum atomic E-state index is 0.680. The molecule has 3 nitrogen and oxygen atoms in total. The Kier molecular flexibility index (Phi) is 4.38. The minimum absolute atomic E-state index is 0.680. The van der Waals surface area contributed by atoms with Crippen molar-refractivity contribution >= 4 is 15.9 Å². The van der Waals surface area contributed by atoms with Crippen LogP contribution in [0, 0.1) is 6.92 Å². The summed E-state index contributed by atoms with van der Waals surface area (Å²) < 4.78 is 6.20. The van der Waals surface area contributed by atoms with Crippen molar-refractivity contribution in [2.75, 3.05) is 14.2 Å². The first kappa shape index (κ1) is 11.5. The molecule has 0 aliphatic carbocycles. The molecular weight excluding hydrogens is 246 g/mol. The van der Waals surface area contributed by atoms with E-state index in [0.717, 1.165) is 21.3 Å². The van der Waals surface area contributed by atoms with Crippen molar-refractivity contribution in [3.63, 3.8) is 0 Å². The Hall–Kier alpha value is -0.580. The SMILES string of the molecule is CONCc1cc(C)c(OC)c(Br)c1. The Balaban J connectivity index is 2.90. The number of halogens is 1. The van der Waals surface area contributed by atoms with Crippen LogP contribution in [0.5, 0.6) is 5.75 Å². The summed E-state index contributed by atoms with van der Waals surface area (Å²) in [7, 11) is 3.27. The Morgan fingerprint density at radius 2 is 2.07 bits per heavy atom. The number of hydroxylamine groups is 1. The summed E-state index contributed by atoms with van der Waals surface area (Å²) in [4.78, 5) is 4.79. The van der Waals surface area contributed by atoms with E-state index in [1.165, 1.54) is 0 Å². The molecule has 0 aliphatic rings. The van der Waals surface area contributed by atoms with Crippen molar-refractivity contribution in [2.24, 2.45) is 0 Å². The Morgan fingerprint density at radius 1 is 1.36 bits per heavy atom. The van der Waals surface area contributed by atoms with Gasteiger partial charge < -0.3 is 9.57 Å². The number of rotatable bonds is 4. The third kappa shape index (κ3) is 2.70. The lowest BCUT2D eigenvalue weighted by Crippen LogP contribution is -2.10. The van der Waals surface area contributed by atoms with Crippen LogP contribution in [0.25, 0.3) is 0 Å². The number of ether oxygens (including phenoxy) is 1. The first-order valence-electron chi connectivity index (χ1n) is 4.28. The van der Waals surface area contributed by atoms with Gasteiger partial charge in [0.2, 0.25) is 0 Å². The number of aryl methyl sites for hydroxylation is 1. The van der Waals surface area contributed by atoms with E-state index in [1.54, 1.807) is 14.2 Å². The van der Waals surface area contributed by atoms with Gasteiger partial charge in [0.1, 0.15) is 5.75 Å². The molecule has 1 aromatic rings. The van der Waals surface area contributed by atoms with E-state index < -0.39 is 0 Å². The first-order valence-corrected chi connectivity index (χ1v) is 5.07. The molecule has 0 aliphatic heterocycles. The molecule has 14 heavy (non-hydrogen) atoms. The third-order valence-electron chi connectivity index (χ3n) is 1.91. The number of hydrogen-bond donors (Lipinski definition) is 1. The lowest BCUT2D eigenvalue weighted by Gasteiger charge is -2.10. The fourth-order valence-electron chi connectivity index (χ4n) is 1.32. The molecule has 0 saturated heterocycles. The molecule has 0 amide bonds. The molecule has 0 unspecified atom stereocenters. The monoisotopic (exact) mass is 259 g/mol. The smallest absolute Gasteiger partial charge is 0.135 e. The van der Waals surface area contributed by atoms with Crippen molar-refractivity contribution in [3.8, 4) is 5.75 Å². The van der Waals surface area contributed by atoms with E-state index in [0.29, 0.717) is 6.54 Å². The average molecular weight is 260 g/mol. The standard InChI is InChI=1S/C10H14BrNO2/c1-7-4-8(6-12-14-3)5-9(11)10(7)13-2/h4-5,12H,6H2,1-3H3. The molecule has 0 spiro atoms. The molecular formula is C10H14BrNO2. The van der Waals surface area contributed by atoms with E-state index >= 15 is 0 Å². The number of nitrogens with one attached hydrogen (secondary N) is 1. The molecule has 1 rings (SSSR count). The van der Waals surface area contributed by atoms with E-state index in [-0.39, 0.29) is 0 Å². The van der Waals surface area contributed by atoms with Crippen LogP contribution in [0.2, 0.25) is 0 Å². The highest BCUT2D eigenvalue weighted by molar-refractivity contribution is 9.10. The van der Waals surface area contributed by atoms with Crippen LogP contribution in [0.15, 0.2) is 16.6 Å². The second kappa shape index (κ2) is 5.34. The van der Waals surface area contributed by atoms with Crippen molar-refractivity contribution in [2.45, 2.75) is 13.5 Å². The maximum atomic E-state index is 5.24. The van der Waals surface area contributed by atoms with Crippen molar-refractivity contribution in [1.82, 2.24) is 5.48 Å². The van der Waals surface area contributed by atoms with Gasteiger partial charge in [-0.15, -0.1) is 0 Å². The second-order valence-corrected chi connectivity index (χ2v) is 3.81. The zero-order valence-electron chi connectivity index (χ0n) is 8.56. The van der Waals surface area contributed by atoms with Gasteiger partial charge in [0.25, 0.3) is 0 Å². The molecule has 0 atom stereocenters. The van der Waals surface area contributed by atoms with Crippen LogP contribution >= 0.6 is 15.9 Å². The molecule has 1 aromatic carbocycles. The Morgan fingerprint density at radius 3 is 2.57 bits per heavy atom. The first-order chi connectivity index (χ1) is 6.69. The maximum absolute atomic E-state index is 5.24. The van der Waals surface area contributed by atoms with Crippen LogP contribution in [0.3, 0.4) is 0 Å². The van der Waals surface area contributed by atoms with Gasteiger partial charge in [0.15, 0.2) is 0 Å². The van der Waals surface area contributed by atoms with Crippen LogP contribution < -0.4 is 10.2 Å². The fraction of sp³-hybridized carbons (Fsp3) is 0.400. The van der Waals surface area contributed by atoms with Crippen LogP contribution in [0.4, 0.5) is 0 Å².